The fourth-order valence-electron chi connectivity index (χ4n) is 5.12. The van der Waals surface area contributed by atoms with Crippen LogP contribution >= 0.6 is 0 Å². The maximum absolute atomic E-state index is 10.8. The third-order valence-corrected chi connectivity index (χ3v) is 6.82. The minimum Gasteiger partial charge on any atom is -0.392 e. The number of aliphatic hydroxyl groups excluding tert-OH is 1. The molecule has 1 saturated carbocycles. The molecule has 0 heterocycles. The number of unbranched alkanes of at least 4 members (excludes halogenated alkanes) is 2. The molecule has 5 atom stereocenters. The Morgan fingerprint density at radius 1 is 1.14 bits per heavy atom. The van der Waals surface area contributed by atoms with E-state index >= 15 is 0 Å². The molecule has 0 unspecified atom stereocenters. The van der Waals surface area contributed by atoms with Gasteiger partial charge in [0.05, 0.1) is 11.7 Å². The number of hydrogen-bond donors (Lipinski definition) is 2. The van der Waals surface area contributed by atoms with Crippen molar-refractivity contribution in [3.05, 3.63) is 59.7 Å². The first-order chi connectivity index (χ1) is 13.9. The Morgan fingerprint density at radius 2 is 1.90 bits per heavy atom. The summed E-state index contributed by atoms with van der Waals surface area (Å²) in [5, 5.41) is 21.4. The topological polar surface area (TPSA) is 43.7 Å². The summed E-state index contributed by atoms with van der Waals surface area (Å²) in [5.74, 6) is 1.29. The van der Waals surface area contributed by atoms with Crippen molar-refractivity contribution in [2.45, 2.75) is 63.6 Å². The molecule has 0 aliphatic heterocycles. The van der Waals surface area contributed by atoms with Gasteiger partial charge in [0.1, 0.15) is 0 Å². The fourth-order valence-corrected chi connectivity index (χ4v) is 5.12. The number of fused-ring (bicyclic) bond motifs is 1. The summed E-state index contributed by atoms with van der Waals surface area (Å²) in [6.45, 7) is 3.04. The second-order valence-electron chi connectivity index (χ2n) is 9.62. The molecule has 1 fully saturated rings. The van der Waals surface area contributed by atoms with Gasteiger partial charge >= 0.3 is 0 Å². The van der Waals surface area contributed by atoms with Gasteiger partial charge in [0.25, 0.3) is 0 Å². The van der Waals surface area contributed by atoms with Crippen LogP contribution in [0.5, 0.6) is 0 Å². The van der Waals surface area contributed by atoms with Crippen LogP contribution in [0.25, 0.3) is 0 Å². The standard InChI is InChI=1S/C26H39NO2/c1-26(29,22-12-7-4-8-13-22)15-10-14-23-24-18-20(17-21(24)19-25(23)28)11-6-5-9-16-27(2)3/h4,7-8,10,12-14,17,21,23-25,28-29H,5-6,9,11,15-16,18-19H2,1-3H3/b14-10+/t21-,23+,24-,25+,26-/m0/s1. The first kappa shape index (κ1) is 22.3. The second kappa shape index (κ2) is 10.1. The first-order valence-electron chi connectivity index (χ1n) is 11.3. The zero-order valence-electron chi connectivity index (χ0n) is 18.4. The Bertz CT molecular complexity index is 692. The molecule has 160 valence electrons. The lowest BCUT2D eigenvalue weighted by Crippen LogP contribution is -2.21. The summed E-state index contributed by atoms with van der Waals surface area (Å²) in [7, 11) is 4.28. The van der Waals surface area contributed by atoms with Gasteiger partial charge in [0.15, 0.2) is 0 Å². The molecule has 2 aliphatic carbocycles. The van der Waals surface area contributed by atoms with E-state index in [1.165, 1.54) is 32.2 Å². The molecule has 0 aromatic heterocycles. The lowest BCUT2D eigenvalue weighted by molar-refractivity contribution is 0.0601. The van der Waals surface area contributed by atoms with E-state index in [0.29, 0.717) is 18.3 Å². The number of aliphatic hydroxyl groups is 2. The number of allylic oxidation sites excluding steroid dienone is 2. The third kappa shape index (κ3) is 6.04. The van der Waals surface area contributed by atoms with Crippen molar-refractivity contribution in [3.8, 4) is 0 Å². The zero-order chi connectivity index (χ0) is 20.9. The Balaban J connectivity index is 1.49. The number of hydrogen-bond acceptors (Lipinski definition) is 3. The van der Waals surface area contributed by atoms with E-state index in [2.05, 4.69) is 37.2 Å². The Labute approximate surface area is 177 Å². The van der Waals surface area contributed by atoms with Crippen LogP contribution in [0.3, 0.4) is 0 Å². The average Bonchev–Trinajstić information content (AvgIpc) is 3.19. The lowest BCUT2D eigenvalue weighted by Gasteiger charge is -2.23. The summed E-state index contributed by atoms with van der Waals surface area (Å²) in [6.07, 6.45) is 14.2. The molecule has 29 heavy (non-hydrogen) atoms. The highest BCUT2D eigenvalue weighted by atomic mass is 16.3. The molecule has 0 spiro atoms. The largest absolute Gasteiger partial charge is 0.392 e. The van der Waals surface area contributed by atoms with Crippen LogP contribution in [0.2, 0.25) is 0 Å². The van der Waals surface area contributed by atoms with Crippen LogP contribution in [0.1, 0.15) is 57.4 Å². The van der Waals surface area contributed by atoms with E-state index in [-0.39, 0.29) is 12.0 Å². The number of benzene rings is 1. The maximum Gasteiger partial charge on any atom is 0.0902 e. The Hall–Kier alpha value is -1.42. The van der Waals surface area contributed by atoms with E-state index in [9.17, 15) is 10.2 Å². The quantitative estimate of drug-likeness (QED) is 0.436. The molecular formula is C26H39NO2. The van der Waals surface area contributed by atoms with Crippen LogP contribution in [0.15, 0.2) is 54.1 Å². The monoisotopic (exact) mass is 397 g/mol. The van der Waals surface area contributed by atoms with Crippen molar-refractivity contribution in [1.82, 2.24) is 4.90 Å². The minimum atomic E-state index is -0.869. The minimum absolute atomic E-state index is 0.217. The van der Waals surface area contributed by atoms with Crippen molar-refractivity contribution < 1.29 is 10.2 Å². The summed E-state index contributed by atoms with van der Waals surface area (Å²) in [5.41, 5.74) is 1.67. The van der Waals surface area contributed by atoms with E-state index in [1.807, 2.05) is 37.3 Å². The fraction of sp³-hybridized carbons (Fsp3) is 0.615. The molecule has 1 aromatic carbocycles. The van der Waals surface area contributed by atoms with Crippen molar-refractivity contribution in [2.24, 2.45) is 17.8 Å². The van der Waals surface area contributed by atoms with E-state index < -0.39 is 5.60 Å². The van der Waals surface area contributed by atoms with Gasteiger partial charge in [-0.25, -0.2) is 0 Å². The molecule has 2 aliphatic rings. The SMILES string of the molecule is CN(C)CCCCCC1=C[C@H]2C[C@@H](O)[C@H](/C=C/C[C@](C)(O)c3ccccc3)[C@H]2C1. The summed E-state index contributed by atoms with van der Waals surface area (Å²) in [4.78, 5) is 2.26. The van der Waals surface area contributed by atoms with Crippen LogP contribution in [0.4, 0.5) is 0 Å². The Morgan fingerprint density at radius 3 is 2.62 bits per heavy atom. The summed E-state index contributed by atoms with van der Waals surface area (Å²) in [6, 6.07) is 9.84. The first-order valence-corrected chi connectivity index (χ1v) is 11.3. The van der Waals surface area contributed by atoms with E-state index in [0.717, 1.165) is 18.4 Å². The molecule has 0 amide bonds. The van der Waals surface area contributed by atoms with Gasteiger partial charge in [-0.05, 0) is 83.5 Å². The maximum atomic E-state index is 10.8. The van der Waals surface area contributed by atoms with Gasteiger partial charge in [-0.1, -0.05) is 60.6 Å². The van der Waals surface area contributed by atoms with Gasteiger partial charge in [0.2, 0.25) is 0 Å². The highest BCUT2D eigenvalue weighted by Gasteiger charge is 2.43. The van der Waals surface area contributed by atoms with Crippen LogP contribution in [-0.4, -0.2) is 41.9 Å². The van der Waals surface area contributed by atoms with Gasteiger partial charge in [-0.15, -0.1) is 0 Å². The Kier molecular flexibility index (Phi) is 7.72. The van der Waals surface area contributed by atoms with Gasteiger partial charge in [-0.3, -0.25) is 0 Å². The van der Waals surface area contributed by atoms with Gasteiger partial charge in [-0.2, -0.15) is 0 Å². The smallest absolute Gasteiger partial charge is 0.0902 e. The van der Waals surface area contributed by atoms with Crippen molar-refractivity contribution in [1.29, 1.82) is 0 Å². The molecular weight excluding hydrogens is 358 g/mol. The van der Waals surface area contributed by atoms with Crippen molar-refractivity contribution >= 4 is 0 Å². The highest BCUT2D eigenvalue weighted by molar-refractivity contribution is 5.23. The molecule has 2 N–H and O–H groups in total. The predicted molar refractivity (Wildman–Crippen MR) is 121 cm³/mol. The lowest BCUT2D eigenvalue weighted by atomic mass is 9.87. The summed E-state index contributed by atoms with van der Waals surface area (Å²) < 4.78 is 0. The molecule has 0 radical (unpaired) electrons. The number of nitrogens with zero attached hydrogens (tertiary/aromatic N) is 1. The van der Waals surface area contributed by atoms with E-state index in [1.54, 1.807) is 5.57 Å². The van der Waals surface area contributed by atoms with Crippen LogP contribution in [-0.2, 0) is 5.60 Å². The predicted octanol–water partition coefficient (Wildman–Crippen LogP) is 4.91. The molecule has 3 nitrogen and oxygen atoms in total. The molecule has 0 saturated heterocycles. The van der Waals surface area contributed by atoms with E-state index in [4.69, 9.17) is 0 Å². The highest BCUT2D eigenvalue weighted by Crippen LogP contribution is 2.48. The van der Waals surface area contributed by atoms with Crippen LogP contribution in [0, 0.1) is 17.8 Å². The second-order valence-corrected chi connectivity index (χ2v) is 9.62. The van der Waals surface area contributed by atoms with Crippen LogP contribution < -0.4 is 0 Å². The molecule has 1 aromatic rings. The van der Waals surface area contributed by atoms with Crippen molar-refractivity contribution in [3.63, 3.8) is 0 Å². The molecule has 3 heteroatoms. The average molecular weight is 398 g/mol. The van der Waals surface area contributed by atoms with Gasteiger partial charge in [0, 0.05) is 5.92 Å². The molecule has 3 rings (SSSR count). The number of rotatable bonds is 10. The normalized spacial score (nSPS) is 28.7. The zero-order valence-corrected chi connectivity index (χ0v) is 18.4. The molecule has 0 bridgehead atoms. The van der Waals surface area contributed by atoms with Crippen molar-refractivity contribution in [2.75, 3.05) is 20.6 Å². The van der Waals surface area contributed by atoms with Gasteiger partial charge < -0.3 is 15.1 Å². The summed E-state index contributed by atoms with van der Waals surface area (Å²) >= 11 is 0. The third-order valence-electron chi connectivity index (χ3n) is 6.82.